The van der Waals surface area contributed by atoms with E-state index in [1.807, 2.05) is 30.3 Å². The number of amidine groups is 1. The number of ether oxygens (including phenoxy) is 1. The number of aliphatic imine (C=N–C) groups is 1. The van der Waals surface area contributed by atoms with E-state index in [-0.39, 0.29) is 17.0 Å². The summed E-state index contributed by atoms with van der Waals surface area (Å²) in [6, 6.07) is 12.7. The fourth-order valence-corrected chi connectivity index (χ4v) is 2.61. The Balaban J connectivity index is 1.77. The van der Waals surface area contributed by atoms with Crippen molar-refractivity contribution in [2.24, 2.45) is 4.99 Å². The van der Waals surface area contributed by atoms with Gasteiger partial charge < -0.3 is 10.1 Å². The fourth-order valence-electron chi connectivity index (χ4n) is 2.61. The second kappa shape index (κ2) is 6.63. The largest absolute Gasteiger partial charge is 0.454 e. The topological polar surface area (TPSA) is 33.6 Å². The molecule has 3 nitrogen and oxygen atoms in total. The molecule has 0 bridgehead atoms. The number of nitrogens with zero attached hydrogens (tertiary/aromatic N) is 1. The van der Waals surface area contributed by atoms with Crippen LogP contribution in [0.5, 0.6) is 11.5 Å². The average molecular weight is 326 g/mol. The molecular formula is C20H23FN2O. The highest BCUT2D eigenvalue weighted by molar-refractivity contribution is 5.99. The summed E-state index contributed by atoms with van der Waals surface area (Å²) in [5.74, 6) is 1.21. The van der Waals surface area contributed by atoms with E-state index in [0.717, 1.165) is 30.9 Å². The zero-order chi connectivity index (χ0) is 17.2. The minimum Gasteiger partial charge on any atom is -0.454 e. The Bertz CT molecular complexity index is 745. The van der Waals surface area contributed by atoms with Gasteiger partial charge in [-0.25, -0.2) is 4.39 Å². The molecule has 2 aromatic rings. The number of hydrogen-bond donors (Lipinski definition) is 1. The molecule has 4 heteroatoms. The Kier molecular flexibility index (Phi) is 4.56. The van der Waals surface area contributed by atoms with Crippen LogP contribution in [0.2, 0.25) is 0 Å². The van der Waals surface area contributed by atoms with Gasteiger partial charge in [0.15, 0.2) is 11.6 Å². The standard InChI is InChI=1S/C20H23FN2O/c1-20(2,3)15-6-8-16(9-7-15)24-18-10-5-14(13-17(18)21)19-22-11-4-12-23-19/h5-10,13H,4,11-12H2,1-3H3,(H,22,23). The first-order chi connectivity index (χ1) is 11.4. The van der Waals surface area contributed by atoms with Crippen molar-refractivity contribution in [1.82, 2.24) is 5.32 Å². The van der Waals surface area contributed by atoms with E-state index in [1.165, 1.54) is 11.6 Å². The second-order valence-electron chi connectivity index (χ2n) is 7.03. The third-order valence-corrected chi connectivity index (χ3v) is 4.05. The molecule has 2 aromatic carbocycles. The van der Waals surface area contributed by atoms with E-state index in [0.29, 0.717) is 5.75 Å². The predicted molar refractivity (Wildman–Crippen MR) is 95.6 cm³/mol. The highest BCUT2D eigenvalue weighted by Crippen LogP contribution is 2.28. The molecule has 0 atom stereocenters. The average Bonchev–Trinajstić information content (AvgIpc) is 2.57. The van der Waals surface area contributed by atoms with Gasteiger partial charge in [0, 0.05) is 18.7 Å². The first kappa shape index (κ1) is 16.5. The van der Waals surface area contributed by atoms with Crippen molar-refractivity contribution in [2.75, 3.05) is 13.1 Å². The molecule has 0 fully saturated rings. The molecule has 1 aliphatic rings. The van der Waals surface area contributed by atoms with Gasteiger partial charge in [-0.15, -0.1) is 0 Å². The van der Waals surface area contributed by atoms with Crippen molar-refractivity contribution in [3.63, 3.8) is 0 Å². The molecule has 0 aromatic heterocycles. The molecule has 1 heterocycles. The lowest BCUT2D eigenvalue weighted by atomic mass is 9.87. The summed E-state index contributed by atoms with van der Waals surface area (Å²) in [6.07, 6.45) is 1.01. The smallest absolute Gasteiger partial charge is 0.166 e. The summed E-state index contributed by atoms with van der Waals surface area (Å²) >= 11 is 0. The molecule has 3 rings (SSSR count). The van der Waals surface area contributed by atoms with Crippen LogP contribution >= 0.6 is 0 Å². The minimum absolute atomic E-state index is 0.0825. The summed E-state index contributed by atoms with van der Waals surface area (Å²) in [5.41, 5.74) is 2.05. The van der Waals surface area contributed by atoms with E-state index in [4.69, 9.17) is 4.74 Å². The van der Waals surface area contributed by atoms with Crippen LogP contribution in [0.15, 0.2) is 47.5 Å². The van der Waals surface area contributed by atoms with Gasteiger partial charge in [0.25, 0.3) is 0 Å². The van der Waals surface area contributed by atoms with Crippen LogP contribution in [0.1, 0.15) is 38.3 Å². The van der Waals surface area contributed by atoms with Crippen molar-refractivity contribution in [2.45, 2.75) is 32.6 Å². The molecule has 0 amide bonds. The molecule has 0 saturated heterocycles. The Morgan fingerprint density at radius 3 is 2.42 bits per heavy atom. The Morgan fingerprint density at radius 2 is 1.83 bits per heavy atom. The minimum atomic E-state index is -0.387. The lowest BCUT2D eigenvalue weighted by Gasteiger charge is -2.19. The van der Waals surface area contributed by atoms with E-state index in [9.17, 15) is 4.39 Å². The molecule has 0 spiro atoms. The maximum Gasteiger partial charge on any atom is 0.166 e. The maximum atomic E-state index is 14.4. The SMILES string of the molecule is CC(C)(C)c1ccc(Oc2ccc(C3=NCCCN3)cc2F)cc1. The highest BCUT2D eigenvalue weighted by atomic mass is 19.1. The molecule has 1 aliphatic heterocycles. The van der Waals surface area contributed by atoms with Crippen LogP contribution in [0, 0.1) is 5.82 Å². The van der Waals surface area contributed by atoms with E-state index >= 15 is 0 Å². The third-order valence-electron chi connectivity index (χ3n) is 4.05. The third kappa shape index (κ3) is 3.75. The van der Waals surface area contributed by atoms with Crippen LogP contribution < -0.4 is 10.1 Å². The van der Waals surface area contributed by atoms with Crippen LogP contribution in [-0.4, -0.2) is 18.9 Å². The van der Waals surface area contributed by atoms with E-state index < -0.39 is 0 Å². The second-order valence-corrected chi connectivity index (χ2v) is 7.03. The van der Waals surface area contributed by atoms with Crippen molar-refractivity contribution < 1.29 is 9.13 Å². The van der Waals surface area contributed by atoms with Gasteiger partial charge in [-0.2, -0.15) is 0 Å². The number of nitrogens with one attached hydrogen (secondary N) is 1. The molecule has 1 N–H and O–H groups in total. The summed E-state index contributed by atoms with van der Waals surface area (Å²) < 4.78 is 20.0. The first-order valence-electron chi connectivity index (χ1n) is 8.30. The molecule has 0 radical (unpaired) electrons. The van der Waals surface area contributed by atoms with Crippen molar-refractivity contribution in [3.05, 3.63) is 59.4 Å². The van der Waals surface area contributed by atoms with Crippen molar-refractivity contribution in [3.8, 4) is 11.5 Å². The molecule has 0 unspecified atom stereocenters. The molecule has 0 aliphatic carbocycles. The van der Waals surface area contributed by atoms with Crippen molar-refractivity contribution >= 4 is 5.84 Å². The Morgan fingerprint density at radius 1 is 1.08 bits per heavy atom. The maximum absolute atomic E-state index is 14.4. The van der Waals surface area contributed by atoms with Crippen LogP contribution in [0.4, 0.5) is 4.39 Å². The Hall–Kier alpha value is -2.36. The zero-order valence-corrected chi connectivity index (χ0v) is 14.4. The molecule has 126 valence electrons. The molecule has 24 heavy (non-hydrogen) atoms. The normalized spacial score (nSPS) is 14.8. The Labute approximate surface area is 142 Å². The van der Waals surface area contributed by atoms with Gasteiger partial charge in [0.05, 0.1) is 0 Å². The zero-order valence-electron chi connectivity index (χ0n) is 14.4. The van der Waals surface area contributed by atoms with E-state index in [2.05, 4.69) is 31.1 Å². The van der Waals surface area contributed by atoms with Gasteiger partial charge >= 0.3 is 0 Å². The van der Waals surface area contributed by atoms with Gasteiger partial charge in [-0.1, -0.05) is 32.9 Å². The summed E-state index contributed by atoms with van der Waals surface area (Å²) in [7, 11) is 0. The highest BCUT2D eigenvalue weighted by Gasteiger charge is 2.14. The monoisotopic (exact) mass is 326 g/mol. The quantitative estimate of drug-likeness (QED) is 0.890. The number of rotatable bonds is 3. The molecular weight excluding hydrogens is 303 g/mol. The molecule has 0 saturated carbocycles. The lowest BCUT2D eigenvalue weighted by Crippen LogP contribution is -2.30. The van der Waals surface area contributed by atoms with Crippen molar-refractivity contribution in [1.29, 1.82) is 0 Å². The van der Waals surface area contributed by atoms with Gasteiger partial charge in [-0.3, -0.25) is 4.99 Å². The number of benzene rings is 2. The summed E-state index contributed by atoms with van der Waals surface area (Å²) in [4.78, 5) is 4.39. The van der Waals surface area contributed by atoms with Gasteiger partial charge in [0.2, 0.25) is 0 Å². The fraction of sp³-hybridized carbons (Fsp3) is 0.350. The van der Waals surface area contributed by atoms with Crippen LogP contribution in [0.3, 0.4) is 0 Å². The first-order valence-corrected chi connectivity index (χ1v) is 8.30. The van der Waals surface area contributed by atoms with Crippen LogP contribution in [0.25, 0.3) is 0 Å². The van der Waals surface area contributed by atoms with E-state index in [1.54, 1.807) is 6.07 Å². The predicted octanol–water partition coefficient (Wildman–Crippen LogP) is 4.66. The van der Waals surface area contributed by atoms with Crippen LogP contribution in [-0.2, 0) is 5.41 Å². The van der Waals surface area contributed by atoms with Gasteiger partial charge in [0.1, 0.15) is 11.6 Å². The number of hydrogen-bond acceptors (Lipinski definition) is 3. The van der Waals surface area contributed by atoms with Gasteiger partial charge in [-0.05, 0) is 47.7 Å². The summed E-state index contributed by atoms with van der Waals surface area (Å²) in [5, 5.41) is 3.19. The number of halogens is 1. The summed E-state index contributed by atoms with van der Waals surface area (Å²) in [6.45, 7) is 8.12. The lowest BCUT2D eigenvalue weighted by molar-refractivity contribution is 0.441.